The molecule has 9 nitrogen and oxygen atoms in total. The van der Waals surface area contributed by atoms with Gasteiger partial charge in [0.05, 0.1) is 12.0 Å². The molecule has 0 saturated carbocycles. The number of hydrogen-bond donors (Lipinski definition) is 1. The van der Waals surface area contributed by atoms with E-state index in [1.807, 2.05) is 0 Å². The van der Waals surface area contributed by atoms with Gasteiger partial charge in [-0.25, -0.2) is 8.42 Å². The van der Waals surface area contributed by atoms with E-state index in [1.165, 1.54) is 43.5 Å². The predicted molar refractivity (Wildman–Crippen MR) is 95.8 cm³/mol. The van der Waals surface area contributed by atoms with Crippen LogP contribution >= 0.6 is 11.3 Å². The van der Waals surface area contributed by atoms with E-state index < -0.39 is 14.9 Å². The standard InChI is InChI=1S/C15H12N4O5S2/c1-24-12-4-2-3-5-13(12)26(22,23)18-15-17-16-14(25-15)10-6-8-11(9-7-10)19(20)21/h2-9H,1H3,(H,17,18). The fraction of sp³-hybridized carbons (Fsp3) is 0.0667. The highest BCUT2D eigenvalue weighted by Gasteiger charge is 2.21. The van der Waals surface area contributed by atoms with E-state index in [9.17, 15) is 18.5 Å². The minimum Gasteiger partial charge on any atom is -0.495 e. The van der Waals surface area contributed by atoms with Crippen molar-refractivity contribution in [1.29, 1.82) is 0 Å². The molecule has 2 aromatic carbocycles. The zero-order valence-electron chi connectivity index (χ0n) is 13.3. The SMILES string of the molecule is COc1ccccc1S(=O)(=O)Nc1nnc(-c2ccc([N+](=O)[O-])cc2)s1. The Hall–Kier alpha value is -3.05. The number of hydrogen-bond acceptors (Lipinski definition) is 8. The van der Waals surface area contributed by atoms with Crippen LogP contribution in [0.15, 0.2) is 53.4 Å². The van der Waals surface area contributed by atoms with Crippen molar-refractivity contribution in [3.63, 3.8) is 0 Å². The maximum atomic E-state index is 12.5. The number of ether oxygens (including phenoxy) is 1. The Morgan fingerprint density at radius 1 is 1.12 bits per heavy atom. The first-order valence-electron chi connectivity index (χ1n) is 7.15. The van der Waals surface area contributed by atoms with Crippen LogP contribution in [0.2, 0.25) is 0 Å². The van der Waals surface area contributed by atoms with Gasteiger partial charge in [0.25, 0.3) is 15.7 Å². The number of nitrogens with one attached hydrogen (secondary N) is 1. The molecular weight excluding hydrogens is 380 g/mol. The topological polar surface area (TPSA) is 124 Å². The predicted octanol–water partition coefficient (Wildman–Crippen LogP) is 2.92. The molecule has 1 aromatic heterocycles. The number of aromatic nitrogens is 2. The number of nitro groups is 1. The number of nitro benzene ring substituents is 1. The van der Waals surface area contributed by atoms with E-state index in [0.717, 1.165) is 11.3 Å². The van der Waals surface area contributed by atoms with Crippen molar-refractivity contribution in [3.05, 3.63) is 58.6 Å². The van der Waals surface area contributed by atoms with Gasteiger partial charge in [-0.15, -0.1) is 10.2 Å². The minimum absolute atomic E-state index is 0.0189. The lowest BCUT2D eigenvalue weighted by molar-refractivity contribution is -0.384. The highest BCUT2D eigenvalue weighted by atomic mass is 32.2. The number of non-ortho nitro benzene ring substituents is 1. The Labute approximate surface area is 152 Å². The molecule has 0 spiro atoms. The lowest BCUT2D eigenvalue weighted by Crippen LogP contribution is -2.13. The van der Waals surface area contributed by atoms with Gasteiger partial charge in [0, 0.05) is 17.7 Å². The van der Waals surface area contributed by atoms with Crippen LogP contribution in [0.25, 0.3) is 10.6 Å². The van der Waals surface area contributed by atoms with Crippen molar-refractivity contribution in [3.8, 4) is 16.3 Å². The number of nitrogens with zero attached hydrogens (tertiary/aromatic N) is 3. The van der Waals surface area contributed by atoms with Crippen LogP contribution < -0.4 is 9.46 Å². The van der Waals surface area contributed by atoms with Gasteiger partial charge in [-0.3, -0.25) is 14.8 Å². The van der Waals surface area contributed by atoms with Gasteiger partial charge in [-0.1, -0.05) is 23.5 Å². The van der Waals surface area contributed by atoms with Crippen molar-refractivity contribution in [2.24, 2.45) is 0 Å². The van der Waals surface area contributed by atoms with Crippen molar-refractivity contribution < 1.29 is 18.1 Å². The first-order chi connectivity index (χ1) is 12.4. The molecule has 0 radical (unpaired) electrons. The highest BCUT2D eigenvalue weighted by molar-refractivity contribution is 7.93. The summed E-state index contributed by atoms with van der Waals surface area (Å²) in [7, 11) is -2.52. The first kappa shape index (κ1) is 17.8. The summed E-state index contributed by atoms with van der Waals surface area (Å²) in [5, 5.41) is 18.9. The largest absolute Gasteiger partial charge is 0.495 e. The maximum absolute atomic E-state index is 12.5. The summed E-state index contributed by atoms with van der Waals surface area (Å²) < 4.78 is 32.5. The van der Waals surface area contributed by atoms with E-state index >= 15 is 0 Å². The Kier molecular flexibility index (Phi) is 4.82. The Balaban J connectivity index is 1.85. The van der Waals surface area contributed by atoms with Crippen LogP contribution in [-0.4, -0.2) is 30.6 Å². The second-order valence-electron chi connectivity index (χ2n) is 4.97. The fourth-order valence-corrected chi connectivity index (χ4v) is 4.27. The summed E-state index contributed by atoms with van der Waals surface area (Å²) in [5.74, 6) is 0.208. The Morgan fingerprint density at radius 3 is 2.46 bits per heavy atom. The van der Waals surface area contributed by atoms with Crippen LogP contribution in [0.1, 0.15) is 0 Å². The Morgan fingerprint density at radius 2 is 1.81 bits per heavy atom. The van der Waals surface area contributed by atoms with Crippen LogP contribution in [0.5, 0.6) is 5.75 Å². The molecule has 0 amide bonds. The highest BCUT2D eigenvalue weighted by Crippen LogP contribution is 2.30. The second kappa shape index (κ2) is 7.06. The van der Waals surface area contributed by atoms with Gasteiger partial charge in [0.2, 0.25) is 5.13 Å². The smallest absolute Gasteiger partial charge is 0.269 e. The van der Waals surface area contributed by atoms with Crippen molar-refractivity contribution >= 4 is 32.2 Å². The van der Waals surface area contributed by atoms with Crippen LogP contribution in [-0.2, 0) is 10.0 Å². The normalized spacial score (nSPS) is 11.1. The molecule has 11 heteroatoms. The van der Waals surface area contributed by atoms with Crippen LogP contribution in [0.3, 0.4) is 0 Å². The molecule has 0 fully saturated rings. The van der Waals surface area contributed by atoms with E-state index in [1.54, 1.807) is 12.1 Å². The Bertz CT molecular complexity index is 1050. The number of anilines is 1. The van der Waals surface area contributed by atoms with Crippen molar-refractivity contribution in [2.45, 2.75) is 4.90 Å². The molecule has 0 aliphatic heterocycles. The van der Waals surface area contributed by atoms with E-state index in [2.05, 4.69) is 14.9 Å². The molecule has 1 N–H and O–H groups in total. The van der Waals surface area contributed by atoms with Gasteiger partial charge >= 0.3 is 0 Å². The number of benzene rings is 2. The summed E-state index contributed by atoms with van der Waals surface area (Å²) in [6, 6.07) is 11.9. The molecule has 0 bridgehead atoms. The number of sulfonamides is 1. The molecule has 3 aromatic rings. The van der Waals surface area contributed by atoms with E-state index in [-0.39, 0.29) is 21.5 Å². The molecule has 0 aliphatic rings. The average molecular weight is 392 g/mol. The summed E-state index contributed by atoms with van der Waals surface area (Å²) in [4.78, 5) is 10.2. The first-order valence-corrected chi connectivity index (χ1v) is 9.45. The molecule has 134 valence electrons. The van der Waals surface area contributed by atoms with Crippen LogP contribution in [0, 0.1) is 10.1 Å². The number of methoxy groups -OCH3 is 1. The van der Waals surface area contributed by atoms with Crippen LogP contribution in [0.4, 0.5) is 10.8 Å². The second-order valence-corrected chi connectivity index (χ2v) is 7.60. The summed E-state index contributed by atoms with van der Waals surface area (Å²) in [5.41, 5.74) is 0.547. The minimum atomic E-state index is -3.90. The summed E-state index contributed by atoms with van der Waals surface area (Å²) in [6.45, 7) is 0. The third-order valence-electron chi connectivity index (χ3n) is 3.33. The fourth-order valence-electron chi connectivity index (χ4n) is 2.12. The molecule has 1 heterocycles. The third kappa shape index (κ3) is 3.63. The van der Waals surface area contributed by atoms with E-state index in [0.29, 0.717) is 10.6 Å². The van der Waals surface area contributed by atoms with Gasteiger partial charge in [0.1, 0.15) is 15.7 Å². The number of para-hydroxylation sites is 1. The lowest BCUT2D eigenvalue weighted by Gasteiger charge is -2.08. The third-order valence-corrected chi connectivity index (χ3v) is 5.73. The monoisotopic (exact) mass is 392 g/mol. The molecule has 0 unspecified atom stereocenters. The molecule has 0 atom stereocenters. The summed E-state index contributed by atoms with van der Waals surface area (Å²) in [6.07, 6.45) is 0. The average Bonchev–Trinajstić information content (AvgIpc) is 3.09. The molecule has 26 heavy (non-hydrogen) atoms. The maximum Gasteiger partial charge on any atom is 0.269 e. The van der Waals surface area contributed by atoms with E-state index in [4.69, 9.17) is 4.74 Å². The number of rotatable bonds is 6. The molecule has 0 aliphatic carbocycles. The molecule has 0 saturated heterocycles. The van der Waals surface area contributed by atoms with Gasteiger partial charge in [0.15, 0.2) is 0 Å². The zero-order chi connectivity index (χ0) is 18.7. The molecular formula is C15H12N4O5S2. The van der Waals surface area contributed by atoms with Gasteiger partial charge in [-0.2, -0.15) is 0 Å². The van der Waals surface area contributed by atoms with Gasteiger partial charge in [-0.05, 0) is 24.3 Å². The van der Waals surface area contributed by atoms with Gasteiger partial charge < -0.3 is 4.74 Å². The van der Waals surface area contributed by atoms with Crippen molar-refractivity contribution in [2.75, 3.05) is 11.8 Å². The zero-order valence-corrected chi connectivity index (χ0v) is 15.0. The van der Waals surface area contributed by atoms with Crippen molar-refractivity contribution in [1.82, 2.24) is 10.2 Å². The molecule has 3 rings (SSSR count). The lowest BCUT2D eigenvalue weighted by atomic mass is 10.2. The summed E-state index contributed by atoms with van der Waals surface area (Å²) >= 11 is 1.01. The quantitative estimate of drug-likeness (QED) is 0.505.